The van der Waals surface area contributed by atoms with Gasteiger partial charge in [0.1, 0.15) is 5.82 Å². The number of nitrogens with zero attached hydrogens (tertiary/aromatic N) is 2. The fourth-order valence-corrected chi connectivity index (χ4v) is 2.78. The van der Waals surface area contributed by atoms with Crippen LogP contribution >= 0.6 is 0 Å². The number of nitrogens with one attached hydrogen (secondary N) is 2. The molecular weight excluding hydrogens is 290 g/mol. The molecule has 2 fully saturated rings. The molecule has 22 heavy (non-hydrogen) atoms. The maximum atomic E-state index is 12.3. The summed E-state index contributed by atoms with van der Waals surface area (Å²) in [5.74, 6) is 1.06. The summed E-state index contributed by atoms with van der Waals surface area (Å²) in [4.78, 5) is 18.1. The molecule has 2 aliphatic rings. The van der Waals surface area contributed by atoms with E-state index in [9.17, 15) is 13.6 Å². The molecule has 1 aliphatic heterocycles. The van der Waals surface area contributed by atoms with Crippen LogP contribution in [0.15, 0.2) is 18.2 Å². The van der Waals surface area contributed by atoms with Gasteiger partial charge in [-0.3, -0.25) is 10.2 Å². The first-order valence-electron chi connectivity index (χ1n) is 7.65. The standard InChI is InChI=1S/C15H20F2N4O/c16-13(17)9-21-7-6-11(8-21)18-15(22)20-14-3-1-2-12(19-14)10-4-5-10/h1-3,10-11,13H,4-9H2,(H2,18,19,20,22). The van der Waals surface area contributed by atoms with Gasteiger partial charge in [-0.15, -0.1) is 0 Å². The van der Waals surface area contributed by atoms with Crippen molar-refractivity contribution < 1.29 is 13.6 Å². The van der Waals surface area contributed by atoms with Crippen molar-refractivity contribution in [3.8, 4) is 0 Å². The smallest absolute Gasteiger partial charge is 0.320 e. The molecule has 120 valence electrons. The van der Waals surface area contributed by atoms with Crippen LogP contribution in [-0.4, -0.2) is 48.0 Å². The van der Waals surface area contributed by atoms with Crippen LogP contribution in [0.3, 0.4) is 0 Å². The molecule has 5 nitrogen and oxygen atoms in total. The second kappa shape index (κ2) is 6.56. The molecule has 1 unspecified atom stereocenters. The Hall–Kier alpha value is -1.76. The molecule has 0 bridgehead atoms. The third-order valence-electron chi connectivity index (χ3n) is 4.01. The van der Waals surface area contributed by atoms with Gasteiger partial charge in [0, 0.05) is 30.7 Å². The fourth-order valence-electron chi connectivity index (χ4n) is 2.78. The Labute approximate surface area is 128 Å². The Morgan fingerprint density at radius 2 is 2.18 bits per heavy atom. The number of aromatic nitrogens is 1. The van der Waals surface area contributed by atoms with Crippen LogP contribution in [0.2, 0.25) is 0 Å². The van der Waals surface area contributed by atoms with Crippen molar-refractivity contribution in [3.63, 3.8) is 0 Å². The molecule has 1 aromatic rings. The zero-order valence-electron chi connectivity index (χ0n) is 12.3. The van der Waals surface area contributed by atoms with Gasteiger partial charge in [0.15, 0.2) is 0 Å². The summed E-state index contributed by atoms with van der Waals surface area (Å²) in [7, 11) is 0. The van der Waals surface area contributed by atoms with Crippen molar-refractivity contribution in [1.82, 2.24) is 15.2 Å². The molecule has 2 heterocycles. The molecule has 2 N–H and O–H groups in total. The van der Waals surface area contributed by atoms with Crippen LogP contribution in [0.5, 0.6) is 0 Å². The Morgan fingerprint density at radius 3 is 2.91 bits per heavy atom. The van der Waals surface area contributed by atoms with E-state index in [0.29, 0.717) is 31.2 Å². The third-order valence-corrected chi connectivity index (χ3v) is 4.01. The molecule has 0 radical (unpaired) electrons. The van der Waals surface area contributed by atoms with Crippen molar-refractivity contribution in [2.45, 2.75) is 37.6 Å². The molecular formula is C15H20F2N4O. The van der Waals surface area contributed by atoms with Gasteiger partial charge in [0.25, 0.3) is 6.43 Å². The number of halogens is 2. The highest BCUT2D eigenvalue weighted by atomic mass is 19.3. The first kappa shape index (κ1) is 15.1. The summed E-state index contributed by atoms with van der Waals surface area (Å²) in [6.45, 7) is 0.822. The number of pyridine rings is 1. The number of anilines is 1. The van der Waals surface area contributed by atoms with Gasteiger partial charge in [0.2, 0.25) is 0 Å². The maximum absolute atomic E-state index is 12.3. The molecule has 7 heteroatoms. The van der Waals surface area contributed by atoms with Crippen LogP contribution in [0.4, 0.5) is 19.4 Å². The predicted octanol–water partition coefficient (Wildman–Crippen LogP) is 2.42. The fraction of sp³-hybridized carbons (Fsp3) is 0.600. The highest BCUT2D eigenvalue weighted by molar-refractivity contribution is 5.88. The molecule has 1 atom stereocenters. The summed E-state index contributed by atoms with van der Waals surface area (Å²) >= 11 is 0. The summed E-state index contributed by atoms with van der Waals surface area (Å²) in [6, 6.07) is 5.19. The molecule has 0 spiro atoms. The van der Waals surface area contributed by atoms with Crippen LogP contribution in [0.1, 0.15) is 30.9 Å². The number of hydrogen-bond donors (Lipinski definition) is 2. The van der Waals surface area contributed by atoms with Crippen molar-refractivity contribution in [2.24, 2.45) is 0 Å². The monoisotopic (exact) mass is 310 g/mol. The van der Waals surface area contributed by atoms with Crippen molar-refractivity contribution >= 4 is 11.8 Å². The van der Waals surface area contributed by atoms with E-state index in [1.807, 2.05) is 12.1 Å². The largest absolute Gasteiger partial charge is 0.334 e. The summed E-state index contributed by atoms with van der Waals surface area (Å²) in [5, 5.41) is 5.54. The molecule has 2 amide bonds. The Morgan fingerprint density at radius 1 is 1.36 bits per heavy atom. The average Bonchev–Trinajstić information content (AvgIpc) is 3.22. The highest BCUT2D eigenvalue weighted by Gasteiger charge is 2.27. The number of urea groups is 1. The lowest BCUT2D eigenvalue weighted by molar-refractivity contribution is 0.0988. The van der Waals surface area contributed by atoms with E-state index in [-0.39, 0.29) is 18.6 Å². The van der Waals surface area contributed by atoms with Gasteiger partial charge < -0.3 is 5.32 Å². The second-order valence-electron chi connectivity index (χ2n) is 5.96. The molecule has 3 rings (SSSR count). The summed E-state index contributed by atoms with van der Waals surface area (Å²) in [6.07, 6.45) is 0.673. The van der Waals surface area contributed by atoms with E-state index < -0.39 is 6.43 Å². The predicted molar refractivity (Wildman–Crippen MR) is 79.2 cm³/mol. The van der Waals surface area contributed by atoms with Gasteiger partial charge in [-0.1, -0.05) is 6.07 Å². The Balaban J connectivity index is 1.47. The molecule has 1 aromatic heterocycles. The second-order valence-corrected chi connectivity index (χ2v) is 5.96. The number of amides is 2. The van der Waals surface area contributed by atoms with Crippen molar-refractivity contribution in [2.75, 3.05) is 25.0 Å². The summed E-state index contributed by atoms with van der Waals surface area (Å²) in [5.41, 5.74) is 1.02. The average molecular weight is 310 g/mol. The van der Waals surface area contributed by atoms with Crippen LogP contribution in [-0.2, 0) is 0 Å². The number of carbonyl (C=O) groups is 1. The van der Waals surface area contributed by atoms with Gasteiger partial charge in [-0.2, -0.15) is 0 Å². The van der Waals surface area contributed by atoms with Crippen molar-refractivity contribution in [1.29, 1.82) is 0 Å². The van der Waals surface area contributed by atoms with Gasteiger partial charge in [0.05, 0.1) is 6.54 Å². The minimum atomic E-state index is -2.33. The van der Waals surface area contributed by atoms with E-state index in [1.54, 1.807) is 11.0 Å². The lowest BCUT2D eigenvalue weighted by Gasteiger charge is -2.16. The number of carbonyl (C=O) groups excluding carboxylic acids is 1. The molecule has 1 saturated carbocycles. The number of hydrogen-bond acceptors (Lipinski definition) is 3. The van der Waals surface area contributed by atoms with Gasteiger partial charge in [-0.05, 0) is 31.4 Å². The lowest BCUT2D eigenvalue weighted by atomic mass is 10.2. The number of alkyl halides is 2. The third kappa shape index (κ3) is 4.13. The van der Waals surface area contributed by atoms with E-state index in [0.717, 1.165) is 18.5 Å². The first-order chi connectivity index (χ1) is 10.6. The number of likely N-dealkylation sites (tertiary alicyclic amines) is 1. The molecule has 1 aliphatic carbocycles. The zero-order valence-corrected chi connectivity index (χ0v) is 12.3. The van der Waals surface area contributed by atoms with E-state index in [2.05, 4.69) is 15.6 Å². The molecule has 0 aromatic carbocycles. The van der Waals surface area contributed by atoms with Gasteiger partial charge >= 0.3 is 6.03 Å². The normalized spacial score (nSPS) is 22.0. The van der Waals surface area contributed by atoms with E-state index in [4.69, 9.17) is 0 Å². The van der Waals surface area contributed by atoms with E-state index >= 15 is 0 Å². The first-order valence-corrected chi connectivity index (χ1v) is 7.65. The zero-order chi connectivity index (χ0) is 15.5. The topological polar surface area (TPSA) is 57.3 Å². The Bertz CT molecular complexity index is 536. The number of rotatable bonds is 5. The van der Waals surface area contributed by atoms with Crippen LogP contribution in [0.25, 0.3) is 0 Å². The summed E-state index contributed by atoms with van der Waals surface area (Å²) < 4.78 is 24.6. The quantitative estimate of drug-likeness (QED) is 0.878. The highest BCUT2D eigenvalue weighted by Crippen LogP contribution is 2.39. The minimum absolute atomic E-state index is 0.0923. The van der Waals surface area contributed by atoms with E-state index in [1.165, 1.54) is 0 Å². The minimum Gasteiger partial charge on any atom is -0.334 e. The molecule has 1 saturated heterocycles. The lowest BCUT2D eigenvalue weighted by Crippen LogP contribution is -2.40. The van der Waals surface area contributed by atoms with Crippen molar-refractivity contribution in [3.05, 3.63) is 23.9 Å². The Kier molecular flexibility index (Phi) is 4.52. The van der Waals surface area contributed by atoms with Crippen LogP contribution in [0, 0.1) is 0 Å². The maximum Gasteiger partial charge on any atom is 0.320 e. The van der Waals surface area contributed by atoms with Crippen LogP contribution < -0.4 is 10.6 Å². The van der Waals surface area contributed by atoms with Gasteiger partial charge in [-0.25, -0.2) is 18.6 Å². The SMILES string of the molecule is O=C(Nc1cccc(C2CC2)n1)NC1CCN(CC(F)F)C1.